The second-order valence-electron chi connectivity index (χ2n) is 5.72. The lowest BCUT2D eigenvalue weighted by molar-refractivity contribution is -0.132. The quantitative estimate of drug-likeness (QED) is 0.742. The fraction of sp³-hybridized carbons (Fsp3) is 0.389. The van der Waals surface area contributed by atoms with Crippen molar-refractivity contribution >= 4 is 5.91 Å². The zero-order chi connectivity index (χ0) is 18.4. The Bertz CT molecular complexity index is 738. The van der Waals surface area contributed by atoms with Gasteiger partial charge >= 0.3 is 0 Å². The second-order valence-corrected chi connectivity index (χ2v) is 5.72. The van der Waals surface area contributed by atoms with Gasteiger partial charge in [-0.2, -0.15) is 0 Å². The zero-order valence-corrected chi connectivity index (χ0v) is 14.8. The number of hydrogen-bond acceptors (Lipinski definition) is 7. The van der Waals surface area contributed by atoms with Crippen LogP contribution in [-0.2, 0) is 4.79 Å². The van der Waals surface area contributed by atoms with Crippen LogP contribution in [0, 0.1) is 0 Å². The average molecular weight is 359 g/mol. The van der Waals surface area contributed by atoms with Crippen molar-refractivity contribution in [3.63, 3.8) is 0 Å². The van der Waals surface area contributed by atoms with Crippen LogP contribution in [0.25, 0.3) is 0 Å². The molecule has 1 aliphatic rings. The summed E-state index contributed by atoms with van der Waals surface area (Å²) in [6.07, 6.45) is 0.613. The summed E-state index contributed by atoms with van der Waals surface area (Å²) in [7, 11) is 3.09. The van der Waals surface area contributed by atoms with Crippen molar-refractivity contribution in [2.24, 2.45) is 0 Å². The summed E-state index contributed by atoms with van der Waals surface area (Å²) in [5.74, 6) is 1.89. The van der Waals surface area contributed by atoms with Crippen molar-refractivity contribution in [2.45, 2.75) is 12.5 Å². The van der Waals surface area contributed by atoms with Crippen LogP contribution in [0.1, 0.15) is 6.42 Å². The van der Waals surface area contributed by atoms with Crippen LogP contribution >= 0.6 is 0 Å². The van der Waals surface area contributed by atoms with Gasteiger partial charge in [0.1, 0.15) is 6.10 Å². The number of nitrogens with zero attached hydrogens (tertiary/aromatic N) is 3. The van der Waals surface area contributed by atoms with Gasteiger partial charge in [0.05, 0.1) is 20.8 Å². The lowest BCUT2D eigenvalue weighted by Crippen LogP contribution is -2.34. The van der Waals surface area contributed by atoms with Gasteiger partial charge in [0.2, 0.25) is 11.8 Å². The van der Waals surface area contributed by atoms with Crippen LogP contribution in [0.5, 0.6) is 23.3 Å². The fourth-order valence-corrected chi connectivity index (χ4v) is 2.67. The number of rotatable bonds is 7. The summed E-state index contributed by atoms with van der Waals surface area (Å²) in [5, 5.41) is 7.80. The lowest BCUT2D eigenvalue weighted by Gasteiger charge is -2.17. The number of ether oxygens (including phenoxy) is 4. The highest BCUT2D eigenvalue weighted by molar-refractivity contribution is 5.78. The standard InChI is InChI=1S/C18H21N3O5/c1-23-14-5-3-4-6-15(14)25-12-18(22)21-10-9-13(11-21)26-17-8-7-16(24-2)19-20-17/h3-8,13H,9-12H2,1-2H3. The van der Waals surface area contributed by atoms with E-state index in [1.165, 1.54) is 7.11 Å². The Morgan fingerprint density at radius 3 is 2.50 bits per heavy atom. The highest BCUT2D eigenvalue weighted by Gasteiger charge is 2.28. The molecular weight excluding hydrogens is 338 g/mol. The number of carbonyl (C=O) groups excluding carboxylic acids is 1. The number of methoxy groups -OCH3 is 2. The first-order valence-corrected chi connectivity index (χ1v) is 8.27. The largest absolute Gasteiger partial charge is 0.493 e. The first kappa shape index (κ1) is 17.8. The molecule has 8 heteroatoms. The maximum absolute atomic E-state index is 12.4. The Morgan fingerprint density at radius 1 is 1.08 bits per heavy atom. The van der Waals surface area contributed by atoms with Crippen LogP contribution in [0.3, 0.4) is 0 Å². The van der Waals surface area contributed by atoms with E-state index in [-0.39, 0.29) is 18.6 Å². The first-order valence-electron chi connectivity index (χ1n) is 8.27. The van der Waals surface area contributed by atoms with E-state index in [0.29, 0.717) is 36.3 Å². The van der Waals surface area contributed by atoms with Crippen LogP contribution in [0.15, 0.2) is 36.4 Å². The van der Waals surface area contributed by atoms with E-state index in [4.69, 9.17) is 18.9 Å². The Kier molecular flexibility index (Phi) is 5.73. The number of likely N-dealkylation sites (tertiary alicyclic amines) is 1. The third kappa shape index (κ3) is 4.33. The smallest absolute Gasteiger partial charge is 0.260 e. The molecule has 2 heterocycles. The van der Waals surface area contributed by atoms with Crippen LogP contribution in [0.4, 0.5) is 0 Å². The SMILES string of the molecule is COc1ccc(OC2CCN(C(=O)COc3ccccc3OC)C2)nn1. The molecule has 1 aromatic heterocycles. The number of carbonyl (C=O) groups is 1. The van der Waals surface area contributed by atoms with E-state index in [9.17, 15) is 4.79 Å². The Labute approximate surface area is 151 Å². The molecule has 1 fully saturated rings. The lowest BCUT2D eigenvalue weighted by atomic mass is 10.3. The molecule has 0 spiro atoms. The number of para-hydroxylation sites is 2. The van der Waals surface area contributed by atoms with E-state index in [1.807, 2.05) is 12.1 Å². The van der Waals surface area contributed by atoms with Gasteiger partial charge in [-0.25, -0.2) is 0 Å². The highest BCUT2D eigenvalue weighted by atomic mass is 16.5. The minimum absolute atomic E-state index is 0.0462. The van der Waals surface area contributed by atoms with E-state index in [0.717, 1.165) is 6.42 Å². The molecule has 1 aliphatic heterocycles. The molecule has 1 aromatic carbocycles. The molecule has 0 radical (unpaired) electrons. The second kappa shape index (κ2) is 8.37. The van der Waals surface area contributed by atoms with Gasteiger partial charge in [0, 0.05) is 25.1 Å². The maximum atomic E-state index is 12.4. The summed E-state index contributed by atoms with van der Waals surface area (Å²) in [4.78, 5) is 14.1. The Hall–Kier alpha value is -3.03. The number of hydrogen-bond donors (Lipinski definition) is 0. The molecule has 0 N–H and O–H groups in total. The summed E-state index contributed by atoms with van der Waals surface area (Å²) >= 11 is 0. The van der Waals surface area contributed by atoms with E-state index in [1.54, 1.807) is 36.3 Å². The van der Waals surface area contributed by atoms with Gasteiger partial charge < -0.3 is 23.8 Å². The summed E-state index contributed by atoms with van der Waals surface area (Å²) in [5.41, 5.74) is 0. The van der Waals surface area contributed by atoms with Gasteiger partial charge in [-0.05, 0) is 12.1 Å². The monoisotopic (exact) mass is 359 g/mol. The number of benzene rings is 1. The van der Waals surface area contributed by atoms with Crippen molar-refractivity contribution in [1.29, 1.82) is 0 Å². The molecule has 0 aliphatic carbocycles. The van der Waals surface area contributed by atoms with Crippen molar-refractivity contribution < 1.29 is 23.7 Å². The minimum Gasteiger partial charge on any atom is -0.493 e. The predicted octanol–water partition coefficient (Wildman–Crippen LogP) is 1.55. The third-order valence-corrected chi connectivity index (χ3v) is 4.03. The molecule has 26 heavy (non-hydrogen) atoms. The summed E-state index contributed by atoms with van der Waals surface area (Å²) in [6, 6.07) is 10.6. The predicted molar refractivity (Wildman–Crippen MR) is 92.7 cm³/mol. The molecule has 1 saturated heterocycles. The summed E-state index contributed by atoms with van der Waals surface area (Å²) in [6.45, 7) is 1.06. The van der Waals surface area contributed by atoms with E-state index < -0.39 is 0 Å². The molecule has 1 atom stereocenters. The average Bonchev–Trinajstić information content (AvgIpc) is 3.15. The van der Waals surface area contributed by atoms with Gasteiger partial charge in [0.15, 0.2) is 18.1 Å². The molecule has 1 unspecified atom stereocenters. The highest BCUT2D eigenvalue weighted by Crippen LogP contribution is 2.26. The summed E-state index contributed by atoms with van der Waals surface area (Å²) < 4.78 is 21.5. The van der Waals surface area contributed by atoms with E-state index in [2.05, 4.69) is 10.2 Å². The van der Waals surface area contributed by atoms with Crippen molar-refractivity contribution in [1.82, 2.24) is 15.1 Å². The van der Waals surface area contributed by atoms with E-state index >= 15 is 0 Å². The minimum atomic E-state index is -0.118. The molecular formula is C18H21N3O5. The molecule has 0 saturated carbocycles. The van der Waals surface area contributed by atoms with Crippen molar-refractivity contribution in [2.75, 3.05) is 33.9 Å². The topological polar surface area (TPSA) is 83.0 Å². The van der Waals surface area contributed by atoms with Gasteiger partial charge in [-0.3, -0.25) is 4.79 Å². The van der Waals surface area contributed by atoms with Crippen LogP contribution in [0.2, 0.25) is 0 Å². The van der Waals surface area contributed by atoms with Gasteiger partial charge in [-0.1, -0.05) is 12.1 Å². The van der Waals surface area contributed by atoms with Crippen molar-refractivity contribution in [3.05, 3.63) is 36.4 Å². The Balaban J connectivity index is 1.49. The molecule has 8 nitrogen and oxygen atoms in total. The van der Waals surface area contributed by atoms with Gasteiger partial charge in [-0.15, -0.1) is 10.2 Å². The number of aromatic nitrogens is 2. The first-order chi connectivity index (χ1) is 12.7. The number of amides is 1. The maximum Gasteiger partial charge on any atom is 0.260 e. The molecule has 2 aromatic rings. The van der Waals surface area contributed by atoms with Crippen LogP contribution in [-0.4, -0.2) is 61.0 Å². The molecule has 0 bridgehead atoms. The van der Waals surface area contributed by atoms with Gasteiger partial charge in [0.25, 0.3) is 5.91 Å². The zero-order valence-electron chi connectivity index (χ0n) is 14.8. The molecule has 1 amide bonds. The normalized spacial score (nSPS) is 16.2. The third-order valence-electron chi connectivity index (χ3n) is 4.03. The van der Waals surface area contributed by atoms with Crippen LogP contribution < -0.4 is 18.9 Å². The molecule has 3 rings (SSSR count). The van der Waals surface area contributed by atoms with Crippen molar-refractivity contribution in [3.8, 4) is 23.3 Å². The fourth-order valence-electron chi connectivity index (χ4n) is 2.67. The Morgan fingerprint density at radius 2 is 1.81 bits per heavy atom. The molecule has 138 valence electrons.